The standard InChI is InChI=1S/C11H16ClN3O/c1-9(16)15(7-6-14(2)3)11-5-4-10(12)8-13-11/h4-5,8H,6-7H2,1-3H3. The van der Waals surface area contributed by atoms with Gasteiger partial charge in [-0.15, -0.1) is 0 Å². The first-order chi connectivity index (χ1) is 7.50. The van der Waals surface area contributed by atoms with E-state index in [4.69, 9.17) is 11.6 Å². The summed E-state index contributed by atoms with van der Waals surface area (Å²) in [6.07, 6.45) is 1.54. The molecule has 0 bridgehead atoms. The highest BCUT2D eigenvalue weighted by Gasteiger charge is 2.12. The van der Waals surface area contributed by atoms with Crippen molar-refractivity contribution in [2.45, 2.75) is 6.92 Å². The fourth-order valence-electron chi connectivity index (χ4n) is 1.26. The molecule has 0 spiro atoms. The molecule has 0 aliphatic rings. The van der Waals surface area contributed by atoms with Crippen molar-refractivity contribution >= 4 is 23.3 Å². The molecule has 0 radical (unpaired) electrons. The van der Waals surface area contributed by atoms with Gasteiger partial charge in [-0.25, -0.2) is 4.98 Å². The summed E-state index contributed by atoms with van der Waals surface area (Å²) in [5.41, 5.74) is 0. The lowest BCUT2D eigenvalue weighted by Crippen LogP contribution is -2.35. The first-order valence-electron chi connectivity index (χ1n) is 5.05. The first kappa shape index (κ1) is 12.9. The van der Waals surface area contributed by atoms with Gasteiger partial charge in [0.1, 0.15) is 5.82 Å². The van der Waals surface area contributed by atoms with E-state index in [1.165, 1.54) is 6.92 Å². The largest absolute Gasteiger partial charge is 0.308 e. The summed E-state index contributed by atoms with van der Waals surface area (Å²) in [6.45, 7) is 2.95. The SMILES string of the molecule is CC(=O)N(CCN(C)C)c1ccc(Cl)cn1. The average Bonchev–Trinajstić information content (AvgIpc) is 2.20. The smallest absolute Gasteiger partial charge is 0.225 e. The Kier molecular flexibility index (Phi) is 4.71. The average molecular weight is 242 g/mol. The van der Waals surface area contributed by atoms with Crippen LogP contribution in [-0.4, -0.2) is 43.0 Å². The van der Waals surface area contributed by atoms with Gasteiger partial charge >= 0.3 is 0 Å². The number of halogens is 1. The van der Waals surface area contributed by atoms with Gasteiger partial charge in [0.25, 0.3) is 0 Å². The fraction of sp³-hybridized carbons (Fsp3) is 0.455. The van der Waals surface area contributed by atoms with Crippen LogP contribution >= 0.6 is 11.6 Å². The molecule has 0 atom stereocenters. The van der Waals surface area contributed by atoms with E-state index in [0.717, 1.165) is 6.54 Å². The summed E-state index contributed by atoms with van der Waals surface area (Å²) in [4.78, 5) is 19.3. The highest BCUT2D eigenvalue weighted by atomic mass is 35.5. The molecule has 88 valence electrons. The van der Waals surface area contributed by atoms with Gasteiger partial charge in [0.2, 0.25) is 5.91 Å². The van der Waals surface area contributed by atoms with Crippen molar-refractivity contribution in [3.8, 4) is 0 Å². The molecule has 1 aromatic heterocycles. The highest BCUT2D eigenvalue weighted by Crippen LogP contribution is 2.14. The Balaban J connectivity index is 2.77. The zero-order valence-corrected chi connectivity index (χ0v) is 10.5. The maximum atomic E-state index is 11.5. The van der Waals surface area contributed by atoms with Crippen molar-refractivity contribution in [3.05, 3.63) is 23.4 Å². The van der Waals surface area contributed by atoms with Gasteiger partial charge in [-0.3, -0.25) is 9.69 Å². The summed E-state index contributed by atoms with van der Waals surface area (Å²) in [7, 11) is 3.93. The molecule has 1 amide bonds. The van der Waals surface area contributed by atoms with Gasteiger partial charge in [-0.05, 0) is 26.2 Å². The molecule has 0 aliphatic carbocycles. The topological polar surface area (TPSA) is 36.4 Å². The molecule has 0 unspecified atom stereocenters. The van der Waals surface area contributed by atoms with Crippen molar-refractivity contribution in [1.82, 2.24) is 9.88 Å². The molecule has 0 saturated carbocycles. The van der Waals surface area contributed by atoms with Crippen molar-refractivity contribution in [1.29, 1.82) is 0 Å². The van der Waals surface area contributed by atoms with E-state index >= 15 is 0 Å². The third-order valence-corrected chi connectivity index (χ3v) is 2.36. The number of hydrogen-bond acceptors (Lipinski definition) is 3. The summed E-state index contributed by atoms with van der Waals surface area (Å²) in [6, 6.07) is 3.48. The van der Waals surface area contributed by atoms with E-state index in [1.54, 1.807) is 23.2 Å². The van der Waals surface area contributed by atoms with E-state index in [1.807, 2.05) is 19.0 Å². The normalized spacial score (nSPS) is 10.6. The Morgan fingerprint density at radius 3 is 2.50 bits per heavy atom. The van der Waals surface area contributed by atoms with E-state index in [9.17, 15) is 4.79 Å². The van der Waals surface area contributed by atoms with Crippen LogP contribution in [0.5, 0.6) is 0 Å². The molecular weight excluding hydrogens is 226 g/mol. The van der Waals surface area contributed by atoms with Crippen LogP contribution in [0.2, 0.25) is 5.02 Å². The number of carbonyl (C=O) groups is 1. The van der Waals surface area contributed by atoms with Crippen LogP contribution in [0.4, 0.5) is 5.82 Å². The minimum atomic E-state index is -0.0170. The van der Waals surface area contributed by atoms with E-state index in [0.29, 0.717) is 17.4 Å². The van der Waals surface area contributed by atoms with Gasteiger partial charge < -0.3 is 4.90 Å². The monoisotopic (exact) mass is 241 g/mol. The summed E-state index contributed by atoms with van der Waals surface area (Å²) >= 11 is 5.75. The van der Waals surface area contributed by atoms with Gasteiger partial charge in [-0.1, -0.05) is 11.6 Å². The number of anilines is 1. The number of nitrogens with zero attached hydrogens (tertiary/aromatic N) is 3. The van der Waals surface area contributed by atoms with Crippen LogP contribution in [0.15, 0.2) is 18.3 Å². The highest BCUT2D eigenvalue weighted by molar-refractivity contribution is 6.30. The summed E-state index contributed by atoms with van der Waals surface area (Å²) < 4.78 is 0. The Labute approximate surface area is 101 Å². The molecule has 1 aromatic rings. The molecule has 16 heavy (non-hydrogen) atoms. The predicted molar refractivity (Wildman–Crippen MR) is 65.8 cm³/mol. The number of aromatic nitrogens is 1. The van der Waals surface area contributed by atoms with Crippen molar-refractivity contribution in [3.63, 3.8) is 0 Å². The number of amides is 1. The number of hydrogen-bond donors (Lipinski definition) is 0. The predicted octanol–water partition coefficient (Wildman–Crippen LogP) is 1.65. The third kappa shape index (κ3) is 3.79. The molecule has 0 saturated heterocycles. The van der Waals surface area contributed by atoms with Gasteiger partial charge in [0.05, 0.1) is 5.02 Å². The van der Waals surface area contributed by atoms with Crippen LogP contribution < -0.4 is 4.90 Å². The molecule has 5 heteroatoms. The maximum absolute atomic E-state index is 11.5. The second-order valence-corrected chi connectivity index (χ2v) is 4.24. The number of rotatable bonds is 4. The minimum absolute atomic E-state index is 0.0170. The van der Waals surface area contributed by atoms with E-state index in [2.05, 4.69) is 4.98 Å². The summed E-state index contributed by atoms with van der Waals surface area (Å²) in [5.74, 6) is 0.621. The quantitative estimate of drug-likeness (QED) is 0.804. The molecule has 0 aliphatic heterocycles. The van der Waals surface area contributed by atoms with Gasteiger partial charge in [0, 0.05) is 26.2 Å². The van der Waals surface area contributed by atoms with Crippen molar-refractivity contribution in [2.24, 2.45) is 0 Å². The van der Waals surface area contributed by atoms with E-state index < -0.39 is 0 Å². The second-order valence-electron chi connectivity index (χ2n) is 3.81. The van der Waals surface area contributed by atoms with Crippen LogP contribution in [0.3, 0.4) is 0 Å². The molecule has 0 fully saturated rings. The van der Waals surface area contributed by atoms with Crippen LogP contribution in [-0.2, 0) is 4.79 Å². The molecule has 1 rings (SSSR count). The van der Waals surface area contributed by atoms with Crippen LogP contribution in [0, 0.1) is 0 Å². The Hall–Kier alpha value is -1.13. The lowest BCUT2D eigenvalue weighted by Gasteiger charge is -2.21. The van der Waals surface area contributed by atoms with Crippen molar-refractivity contribution in [2.75, 3.05) is 32.1 Å². The van der Waals surface area contributed by atoms with Crippen molar-refractivity contribution < 1.29 is 4.79 Å². The van der Waals surface area contributed by atoms with Crippen LogP contribution in [0.1, 0.15) is 6.92 Å². The molecular formula is C11H16ClN3O. The first-order valence-corrected chi connectivity index (χ1v) is 5.43. The van der Waals surface area contributed by atoms with Gasteiger partial charge in [-0.2, -0.15) is 0 Å². The number of pyridine rings is 1. The molecule has 0 N–H and O–H groups in total. The zero-order valence-electron chi connectivity index (χ0n) is 9.77. The van der Waals surface area contributed by atoms with Crippen LogP contribution in [0.25, 0.3) is 0 Å². The fourth-order valence-corrected chi connectivity index (χ4v) is 1.37. The maximum Gasteiger partial charge on any atom is 0.225 e. The zero-order chi connectivity index (χ0) is 12.1. The number of carbonyl (C=O) groups excluding carboxylic acids is 1. The Morgan fingerprint density at radius 1 is 1.38 bits per heavy atom. The lowest BCUT2D eigenvalue weighted by molar-refractivity contribution is -0.116. The Bertz CT molecular complexity index is 351. The Morgan fingerprint density at radius 2 is 2.06 bits per heavy atom. The lowest BCUT2D eigenvalue weighted by atomic mass is 10.4. The van der Waals surface area contributed by atoms with Gasteiger partial charge in [0.15, 0.2) is 0 Å². The molecule has 1 heterocycles. The third-order valence-electron chi connectivity index (χ3n) is 2.14. The second kappa shape index (κ2) is 5.82. The van der Waals surface area contributed by atoms with E-state index in [-0.39, 0.29) is 5.91 Å². The number of likely N-dealkylation sites (N-methyl/N-ethyl adjacent to an activating group) is 1. The minimum Gasteiger partial charge on any atom is -0.308 e. The summed E-state index contributed by atoms with van der Waals surface area (Å²) in [5, 5.41) is 0.569. The molecule has 4 nitrogen and oxygen atoms in total. The molecule has 0 aromatic carbocycles.